The number of nitrogens with zero attached hydrogens (tertiary/aromatic N) is 3. The molecule has 3 heterocycles. The van der Waals surface area contributed by atoms with Crippen molar-refractivity contribution in [3.63, 3.8) is 0 Å². The van der Waals surface area contributed by atoms with Crippen LogP contribution in [0.15, 0.2) is 42.6 Å². The molecule has 138 valence electrons. The lowest BCUT2D eigenvalue weighted by Gasteiger charge is -2.39. The Morgan fingerprint density at radius 3 is 2.78 bits per heavy atom. The van der Waals surface area contributed by atoms with Gasteiger partial charge in [0.1, 0.15) is 5.82 Å². The number of hydrogen-bond acceptors (Lipinski definition) is 5. The number of H-pyrrole nitrogens is 1. The fraction of sp³-hybridized carbons (Fsp3) is 0.350. The number of anilines is 2. The van der Waals surface area contributed by atoms with E-state index < -0.39 is 0 Å². The molecule has 7 nitrogen and oxygen atoms in total. The van der Waals surface area contributed by atoms with Crippen molar-refractivity contribution >= 4 is 28.7 Å². The monoisotopic (exact) mass is 362 g/mol. The van der Waals surface area contributed by atoms with Crippen LogP contribution in [0.25, 0.3) is 11.0 Å². The Kier molecular flexibility index (Phi) is 3.92. The van der Waals surface area contributed by atoms with E-state index in [9.17, 15) is 4.79 Å². The van der Waals surface area contributed by atoms with E-state index in [0.29, 0.717) is 5.56 Å². The number of aromatic amines is 1. The standard InChI is InChI=1S/C20H22N6O/c27-19(14-7-8-18(22-10-14)21-9-13-5-6-13)23-15-11-26(12-15)20-24-16-3-1-2-4-17(16)25-20/h1-4,7-8,10,13,15H,5-6,9,11-12H2,(H,21,22)(H,23,27)(H,24,25). The quantitative estimate of drug-likeness (QED) is 0.627. The van der Waals surface area contributed by atoms with E-state index >= 15 is 0 Å². The fourth-order valence-electron chi connectivity index (χ4n) is 3.30. The van der Waals surface area contributed by atoms with Gasteiger partial charge in [0.25, 0.3) is 5.91 Å². The molecular formula is C20H22N6O. The van der Waals surface area contributed by atoms with Crippen molar-refractivity contribution in [2.45, 2.75) is 18.9 Å². The lowest BCUT2D eigenvalue weighted by atomic mass is 10.1. The fourth-order valence-corrected chi connectivity index (χ4v) is 3.30. The minimum atomic E-state index is -0.0782. The number of hydrogen-bond donors (Lipinski definition) is 3. The zero-order valence-electron chi connectivity index (χ0n) is 15.0. The molecule has 2 aliphatic rings. The molecule has 2 fully saturated rings. The molecule has 7 heteroatoms. The Morgan fingerprint density at radius 1 is 1.19 bits per heavy atom. The number of pyridine rings is 1. The van der Waals surface area contributed by atoms with Crippen LogP contribution in [0.1, 0.15) is 23.2 Å². The SMILES string of the molecule is O=C(NC1CN(c2nc3ccccc3[nH]2)C1)c1ccc(NCC2CC2)nc1. The van der Waals surface area contributed by atoms with Crippen LogP contribution in [-0.2, 0) is 0 Å². The van der Waals surface area contributed by atoms with Gasteiger partial charge in [-0.3, -0.25) is 4.79 Å². The summed E-state index contributed by atoms with van der Waals surface area (Å²) in [6, 6.07) is 11.8. The van der Waals surface area contributed by atoms with E-state index in [2.05, 4.69) is 30.5 Å². The molecule has 3 aromatic rings. The maximum atomic E-state index is 12.4. The van der Waals surface area contributed by atoms with E-state index in [1.165, 1.54) is 12.8 Å². The molecule has 5 rings (SSSR count). The molecule has 1 amide bonds. The molecule has 0 spiro atoms. The molecular weight excluding hydrogens is 340 g/mol. The summed E-state index contributed by atoms with van der Waals surface area (Å²) in [6.45, 7) is 2.47. The second kappa shape index (κ2) is 6.57. The smallest absolute Gasteiger partial charge is 0.253 e. The van der Waals surface area contributed by atoms with Gasteiger partial charge < -0.3 is 20.5 Å². The van der Waals surface area contributed by atoms with Gasteiger partial charge in [-0.2, -0.15) is 0 Å². The topological polar surface area (TPSA) is 85.9 Å². The highest BCUT2D eigenvalue weighted by molar-refractivity contribution is 5.94. The molecule has 1 aromatic carbocycles. The zero-order valence-corrected chi connectivity index (χ0v) is 15.0. The first-order chi connectivity index (χ1) is 13.2. The van der Waals surface area contributed by atoms with Crippen molar-refractivity contribution in [3.05, 3.63) is 48.2 Å². The molecule has 0 unspecified atom stereocenters. The molecule has 3 N–H and O–H groups in total. The average Bonchev–Trinajstić information content (AvgIpc) is 3.39. The van der Waals surface area contributed by atoms with Crippen molar-refractivity contribution in [2.75, 3.05) is 29.9 Å². The van der Waals surface area contributed by atoms with Gasteiger partial charge in [0.2, 0.25) is 5.95 Å². The Balaban J connectivity index is 1.14. The zero-order chi connectivity index (χ0) is 18.2. The van der Waals surface area contributed by atoms with Crippen LogP contribution in [0, 0.1) is 5.92 Å². The van der Waals surface area contributed by atoms with Gasteiger partial charge in [-0.15, -0.1) is 0 Å². The summed E-state index contributed by atoms with van der Waals surface area (Å²) < 4.78 is 0. The highest BCUT2D eigenvalue weighted by Gasteiger charge is 2.30. The van der Waals surface area contributed by atoms with E-state index in [-0.39, 0.29) is 11.9 Å². The van der Waals surface area contributed by atoms with Crippen molar-refractivity contribution < 1.29 is 4.79 Å². The first kappa shape index (κ1) is 16.1. The number of fused-ring (bicyclic) bond motifs is 1. The van der Waals surface area contributed by atoms with Gasteiger partial charge >= 0.3 is 0 Å². The predicted octanol–water partition coefficient (Wildman–Crippen LogP) is 2.40. The molecule has 1 aliphatic carbocycles. The molecule has 1 aliphatic heterocycles. The second-order valence-corrected chi connectivity index (χ2v) is 7.41. The number of benzene rings is 1. The summed E-state index contributed by atoms with van der Waals surface area (Å²) in [5.41, 5.74) is 2.58. The van der Waals surface area contributed by atoms with Crippen LogP contribution in [0.4, 0.5) is 11.8 Å². The summed E-state index contributed by atoms with van der Waals surface area (Å²) in [4.78, 5) is 26.8. The first-order valence-electron chi connectivity index (χ1n) is 9.45. The van der Waals surface area contributed by atoms with Crippen molar-refractivity contribution in [2.24, 2.45) is 5.92 Å². The normalized spacial score (nSPS) is 17.0. The number of carbonyl (C=O) groups excluding carboxylic acids is 1. The van der Waals surface area contributed by atoms with Crippen LogP contribution in [0.3, 0.4) is 0 Å². The van der Waals surface area contributed by atoms with Gasteiger partial charge in [0.05, 0.1) is 22.6 Å². The molecule has 0 bridgehead atoms. The van der Waals surface area contributed by atoms with Gasteiger partial charge in [-0.05, 0) is 43.0 Å². The number of carbonyl (C=O) groups is 1. The van der Waals surface area contributed by atoms with Gasteiger partial charge in [0.15, 0.2) is 0 Å². The number of imidazole rings is 1. The maximum absolute atomic E-state index is 12.4. The summed E-state index contributed by atoms with van der Waals surface area (Å²) >= 11 is 0. The number of rotatable bonds is 6. The van der Waals surface area contributed by atoms with E-state index in [4.69, 9.17) is 0 Å². The molecule has 1 saturated carbocycles. The highest BCUT2D eigenvalue weighted by atomic mass is 16.1. The third-order valence-corrected chi connectivity index (χ3v) is 5.19. The van der Waals surface area contributed by atoms with Crippen LogP contribution in [0.5, 0.6) is 0 Å². The van der Waals surface area contributed by atoms with E-state index in [1.54, 1.807) is 6.20 Å². The molecule has 2 aromatic heterocycles. The number of para-hydroxylation sites is 2. The minimum absolute atomic E-state index is 0.0782. The molecule has 1 saturated heterocycles. The van der Waals surface area contributed by atoms with Crippen molar-refractivity contribution in [1.82, 2.24) is 20.3 Å². The lowest BCUT2D eigenvalue weighted by Crippen LogP contribution is -2.59. The van der Waals surface area contributed by atoms with Gasteiger partial charge in [-0.25, -0.2) is 9.97 Å². The Morgan fingerprint density at radius 2 is 2.04 bits per heavy atom. The predicted molar refractivity (Wildman–Crippen MR) is 105 cm³/mol. The lowest BCUT2D eigenvalue weighted by molar-refractivity contribution is 0.0929. The average molecular weight is 362 g/mol. The number of amides is 1. The van der Waals surface area contributed by atoms with E-state index in [0.717, 1.165) is 48.4 Å². The van der Waals surface area contributed by atoms with E-state index in [1.807, 2.05) is 36.4 Å². The van der Waals surface area contributed by atoms with Gasteiger partial charge in [0, 0.05) is 25.8 Å². The Labute approximate surface area is 157 Å². The number of aromatic nitrogens is 3. The summed E-state index contributed by atoms with van der Waals surface area (Å²) in [5.74, 6) is 2.40. The third-order valence-electron chi connectivity index (χ3n) is 5.19. The van der Waals surface area contributed by atoms with Crippen LogP contribution in [-0.4, -0.2) is 46.5 Å². The molecule has 0 atom stereocenters. The summed E-state index contributed by atoms with van der Waals surface area (Å²) in [6.07, 6.45) is 4.25. The second-order valence-electron chi connectivity index (χ2n) is 7.41. The van der Waals surface area contributed by atoms with Crippen LogP contribution >= 0.6 is 0 Å². The van der Waals surface area contributed by atoms with Gasteiger partial charge in [-0.1, -0.05) is 12.1 Å². The Bertz CT molecular complexity index is 923. The molecule has 0 radical (unpaired) electrons. The summed E-state index contributed by atoms with van der Waals surface area (Å²) in [7, 11) is 0. The number of nitrogens with one attached hydrogen (secondary N) is 3. The summed E-state index contributed by atoms with van der Waals surface area (Å²) in [5, 5.41) is 6.37. The highest BCUT2D eigenvalue weighted by Crippen LogP contribution is 2.28. The van der Waals surface area contributed by atoms with Crippen LogP contribution < -0.4 is 15.5 Å². The maximum Gasteiger partial charge on any atom is 0.253 e. The third kappa shape index (κ3) is 3.45. The van der Waals surface area contributed by atoms with Crippen LogP contribution in [0.2, 0.25) is 0 Å². The largest absolute Gasteiger partial charge is 0.370 e. The first-order valence-corrected chi connectivity index (χ1v) is 9.45. The Hall–Kier alpha value is -3.09. The molecule has 27 heavy (non-hydrogen) atoms. The van der Waals surface area contributed by atoms with Crippen molar-refractivity contribution in [3.8, 4) is 0 Å². The van der Waals surface area contributed by atoms with Crippen molar-refractivity contribution in [1.29, 1.82) is 0 Å². The minimum Gasteiger partial charge on any atom is -0.370 e.